The van der Waals surface area contributed by atoms with Crippen LogP contribution in [0.2, 0.25) is 10.0 Å². The van der Waals surface area contributed by atoms with E-state index in [4.69, 9.17) is 32.7 Å². The molecule has 0 aliphatic carbocycles. The lowest BCUT2D eigenvalue weighted by atomic mass is 9.81. The number of methoxy groups -OCH3 is 1. The maximum atomic E-state index is 15.1. The van der Waals surface area contributed by atoms with Gasteiger partial charge in [-0.2, -0.15) is 0 Å². The molecule has 0 unspecified atom stereocenters. The van der Waals surface area contributed by atoms with E-state index in [1.807, 2.05) is 63.7 Å². The van der Waals surface area contributed by atoms with E-state index in [1.54, 1.807) is 61.3 Å². The molecule has 2 aliphatic heterocycles. The zero-order valence-electron chi connectivity index (χ0n) is 39.0. The number of benzene rings is 3. The maximum Gasteiger partial charge on any atom is 0.250 e. The Morgan fingerprint density at radius 1 is 0.881 bits per heavy atom. The Morgan fingerprint density at radius 3 is 2.33 bits per heavy atom. The number of hydrogen-bond donors (Lipinski definition) is 1. The van der Waals surface area contributed by atoms with Crippen LogP contribution in [0.4, 0.5) is 0 Å². The number of Topliss-reactive ketones (excluding diaryl/α,β-unsaturated/α-hetero) is 1. The zero-order valence-corrected chi connectivity index (χ0v) is 40.5. The molecule has 3 aromatic carbocycles. The maximum absolute atomic E-state index is 15.1. The van der Waals surface area contributed by atoms with Crippen LogP contribution >= 0.6 is 23.2 Å². The van der Waals surface area contributed by atoms with Crippen molar-refractivity contribution < 1.29 is 28.7 Å². The van der Waals surface area contributed by atoms with Gasteiger partial charge in [0.15, 0.2) is 5.78 Å². The number of rotatable bonds is 13. The molecule has 4 heterocycles. The summed E-state index contributed by atoms with van der Waals surface area (Å²) in [5, 5.41) is 4.28. The summed E-state index contributed by atoms with van der Waals surface area (Å²) in [5.74, 6) is -1.48. The van der Waals surface area contributed by atoms with Gasteiger partial charge in [0.2, 0.25) is 23.3 Å². The largest absolute Gasteiger partial charge is 0.457 e. The van der Waals surface area contributed by atoms with Crippen LogP contribution in [0.5, 0.6) is 11.5 Å². The van der Waals surface area contributed by atoms with E-state index in [2.05, 4.69) is 19.8 Å². The van der Waals surface area contributed by atoms with Crippen molar-refractivity contribution in [3.63, 3.8) is 0 Å². The summed E-state index contributed by atoms with van der Waals surface area (Å²) >= 11 is 12.8. The van der Waals surface area contributed by atoms with Crippen LogP contribution < -0.4 is 15.6 Å². The Morgan fingerprint density at radius 2 is 1.61 bits per heavy atom. The molecule has 67 heavy (non-hydrogen) atoms. The number of fused-ring (bicyclic) bond motifs is 2. The molecule has 0 spiro atoms. The van der Waals surface area contributed by atoms with Crippen LogP contribution in [0, 0.1) is 11.8 Å². The smallest absolute Gasteiger partial charge is 0.250 e. The number of piperidine rings is 1. The number of halogens is 2. The van der Waals surface area contributed by atoms with Gasteiger partial charge in [-0.3, -0.25) is 24.0 Å². The number of nitrogens with one attached hydrogen (secondary N) is 1. The Kier molecular flexibility index (Phi) is 15.7. The predicted octanol–water partition coefficient (Wildman–Crippen LogP) is 6.87. The highest BCUT2D eigenvalue weighted by molar-refractivity contribution is 6.31. The third-order valence-corrected chi connectivity index (χ3v) is 13.5. The van der Waals surface area contributed by atoms with Crippen molar-refractivity contribution in [2.24, 2.45) is 25.9 Å². The van der Waals surface area contributed by atoms with Gasteiger partial charge in [0.1, 0.15) is 17.3 Å². The molecular formula is C51H59Cl2N7O7. The highest BCUT2D eigenvalue weighted by atomic mass is 35.5. The molecule has 2 aromatic heterocycles. The molecule has 2 saturated heterocycles. The number of carbonyl (C=O) groups excluding carboxylic acids is 4. The fourth-order valence-electron chi connectivity index (χ4n) is 9.22. The normalized spacial score (nSPS) is 20.8. The molecule has 4 atom stereocenters. The Hall–Kier alpha value is -5.80. The van der Waals surface area contributed by atoms with Gasteiger partial charge in [-0.05, 0) is 107 Å². The van der Waals surface area contributed by atoms with E-state index in [-0.39, 0.29) is 62.1 Å². The van der Waals surface area contributed by atoms with Crippen LogP contribution in [0.3, 0.4) is 0 Å². The number of hydrogen-bond acceptors (Lipinski definition) is 9. The molecular weight excluding hydrogens is 894 g/mol. The van der Waals surface area contributed by atoms with Crippen LogP contribution in [0.15, 0.2) is 95.9 Å². The summed E-state index contributed by atoms with van der Waals surface area (Å²) in [6.45, 7) is 2.78. The second kappa shape index (κ2) is 21.4. The van der Waals surface area contributed by atoms with Crippen molar-refractivity contribution >= 4 is 46.7 Å². The molecule has 7 rings (SSSR count). The molecule has 5 aromatic rings. The fourth-order valence-corrected chi connectivity index (χ4v) is 9.51. The van der Waals surface area contributed by atoms with E-state index in [0.717, 1.165) is 22.6 Å². The first-order valence-corrected chi connectivity index (χ1v) is 23.3. The lowest BCUT2D eigenvalue weighted by Gasteiger charge is -2.45. The summed E-state index contributed by atoms with van der Waals surface area (Å²) in [7, 11) is 9.09. The van der Waals surface area contributed by atoms with Crippen LogP contribution in [0.1, 0.15) is 55.3 Å². The SMILES string of the molecule is COC[C@@H]1CC(=O)[C@H](C)N(Cc2ccc(Cl)cc2Oc2ccc(-c3cnc(CN(C)C)n3C)cc2)C(=O)C[C@@H](Cc2cccc(=O)n2C)C(=O)N2CCC[C@@](Cc3ccc(Cl)cc3)(C2)NC1=O. The van der Waals surface area contributed by atoms with E-state index in [1.165, 1.54) is 22.6 Å². The van der Waals surface area contributed by atoms with Crippen LogP contribution in [-0.2, 0) is 63.9 Å². The number of imidazole rings is 1. The molecule has 1 N–H and O–H groups in total. The Labute approximate surface area is 401 Å². The summed E-state index contributed by atoms with van der Waals surface area (Å²) in [6, 6.07) is 23.9. The zero-order chi connectivity index (χ0) is 48.0. The number of ether oxygens (including phenoxy) is 2. The van der Waals surface area contributed by atoms with Gasteiger partial charge < -0.3 is 38.6 Å². The number of pyridine rings is 1. The van der Waals surface area contributed by atoms with Gasteiger partial charge in [-0.15, -0.1) is 0 Å². The van der Waals surface area contributed by atoms with Crippen molar-refractivity contribution in [3.8, 4) is 22.8 Å². The minimum atomic E-state index is -1.04. The lowest BCUT2D eigenvalue weighted by Crippen LogP contribution is -2.63. The first kappa shape index (κ1) is 49.1. The van der Waals surface area contributed by atoms with Crippen molar-refractivity contribution in [2.45, 2.75) is 70.1 Å². The monoisotopic (exact) mass is 951 g/mol. The molecule has 3 amide bonds. The highest BCUT2D eigenvalue weighted by Gasteiger charge is 2.43. The second-order valence-electron chi connectivity index (χ2n) is 18.2. The van der Waals surface area contributed by atoms with Gasteiger partial charge >= 0.3 is 0 Å². The summed E-state index contributed by atoms with van der Waals surface area (Å²) in [4.78, 5) is 81.8. The molecule has 2 bridgehead atoms. The van der Waals surface area contributed by atoms with Crippen LogP contribution in [0.25, 0.3) is 11.3 Å². The molecule has 354 valence electrons. The Balaban J connectivity index is 1.24. The highest BCUT2D eigenvalue weighted by Crippen LogP contribution is 2.34. The van der Waals surface area contributed by atoms with Crippen molar-refractivity contribution in [1.82, 2.24) is 34.1 Å². The third kappa shape index (κ3) is 11.8. The molecule has 2 fully saturated rings. The summed E-state index contributed by atoms with van der Waals surface area (Å²) < 4.78 is 15.5. The van der Waals surface area contributed by atoms with E-state index < -0.39 is 29.3 Å². The van der Waals surface area contributed by atoms with E-state index >= 15 is 9.59 Å². The number of ketones is 1. The fraction of sp³-hybridized carbons (Fsp3) is 0.412. The van der Waals surface area contributed by atoms with Gasteiger partial charge in [-0.1, -0.05) is 47.5 Å². The quantitative estimate of drug-likeness (QED) is 0.134. The molecule has 0 radical (unpaired) electrons. The second-order valence-corrected chi connectivity index (χ2v) is 19.1. The third-order valence-electron chi connectivity index (χ3n) is 13.0. The molecule has 14 nitrogen and oxygen atoms in total. The van der Waals surface area contributed by atoms with Crippen molar-refractivity contribution in [3.05, 3.63) is 134 Å². The average molecular weight is 953 g/mol. The first-order chi connectivity index (χ1) is 32.0. The molecule has 16 heteroatoms. The number of nitrogens with zero attached hydrogens (tertiary/aromatic N) is 6. The van der Waals surface area contributed by atoms with E-state index in [9.17, 15) is 14.4 Å². The van der Waals surface area contributed by atoms with E-state index in [0.29, 0.717) is 65.2 Å². The summed E-state index contributed by atoms with van der Waals surface area (Å²) in [6.07, 6.45) is 2.99. The van der Waals surface area contributed by atoms with Gasteiger partial charge in [0, 0.05) is 80.1 Å². The first-order valence-electron chi connectivity index (χ1n) is 22.6. The van der Waals surface area contributed by atoms with Crippen LogP contribution in [-0.4, -0.2) is 105 Å². The topological polar surface area (TPSA) is 148 Å². The minimum Gasteiger partial charge on any atom is -0.457 e. The standard InChI is InChI=1S/C51H59Cl2N7O7/c1-33-44(61)24-38(31-66-6)49(64)55-51(27-34-11-16-39(52)17-12-34)21-8-22-59(32-51)50(65)37(23-41-9-7-10-47(62)57(41)4)25-48(63)60(33)29-36-13-18-40(53)26-45(36)67-42-19-14-35(15-20-42)43-28-54-46(58(43)5)30-56(2)3/h7,9-20,26,28,33,37-38H,8,21-25,27,29-32H2,1-6H3,(H,55,64)/t33-,37+,38-,51+/m0/s1. The summed E-state index contributed by atoms with van der Waals surface area (Å²) in [5.41, 5.74) is 2.79. The van der Waals surface area contributed by atoms with Crippen molar-refractivity contribution in [2.75, 3.05) is 40.9 Å². The average Bonchev–Trinajstić information content (AvgIpc) is 3.65. The van der Waals surface area contributed by atoms with Gasteiger partial charge in [0.05, 0.1) is 55.0 Å². The predicted molar refractivity (Wildman–Crippen MR) is 258 cm³/mol. The molecule has 2 aliphatic rings. The molecule has 0 saturated carbocycles. The number of amides is 3. The lowest BCUT2D eigenvalue weighted by molar-refractivity contribution is -0.147. The van der Waals surface area contributed by atoms with Gasteiger partial charge in [0.25, 0.3) is 0 Å². The number of carbonyl (C=O) groups is 4. The number of aromatic nitrogens is 3. The van der Waals surface area contributed by atoms with Gasteiger partial charge in [-0.25, -0.2) is 4.98 Å². The Bertz CT molecular complexity index is 2650. The minimum absolute atomic E-state index is 0.0401. The van der Waals surface area contributed by atoms with Crippen molar-refractivity contribution in [1.29, 1.82) is 0 Å².